The lowest BCUT2D eigenvalue weighted by Crippen LogP contribution is -2.30. The lowest BCUT2D eigenvalue weighted by molar-refractivity contribution is -0.141. The van der Waals surface area contributed by atoms with Crippen LogP contribution in [0, 0.1) is 5.82 Å². The summed E-state index contributed by atoms with van der Waals surface area (Å²) in [6, 6.07) is 3.35. The molecule has 1 rings (SSSR count). The maximum Gasteiger partial charge on any atom is 0.321 e. The van der Waals surface area contributed by atoms with E-state index in [1.807, 2.05) is 4.72 Å². The molecule has 0 radical (unpaired) electrons. The van der Waals surface area contributed by atoms with E-state index in [4.69, 9.17) is 0 Å². The molecule has 8 heteroatoms. The Morgan fingerprint density at radius 1 is 1.50 bits per heavy atom. The predicted octanol–water partition coefficient (Wildman–Crippen LogP) is 1.43. The van der Waals surface area contributed by atoms with Gasteiger partial charge in [0.05, 0.1) is 16.0 Å². The van der Waals surface area contributed by atoms with Crippen LogP contribution in [-0.2, 0) is 19.6 Å². The standard InChI is InChI=1S/C10H11BrFNO4S/c1-2-17-10(14)6-13-18(15,16)7-3-4-8(11)9(12)5-7/h3-5,13H,2,6H2,1H3. The van der Waals surface area contributed by atoms with E-state index in [1.54, 1.807) is 6.92 Å². The first-order chi connectivity index (χ1) is 8.36. The largest absolute Gasteiger partial charge is 0.465 e. The first kappa shape index (κ1) is 15.1. The molecule has 0 saturated carbocycles. The Kier molecular flexibility index (Phi) is 5.24. The number of rotatable bonds is 5. The number of benzene rings is 1. The van der Waals surface area contributed by atoms with Gasteiger partial charge in [-0.15, -0.1) is 0 Å². The molecule has 18 heavy (non-hydrogen) atoms. The van der Waals surface area contributed by atoms with Gasteiger partial charge in [-0.3, -0.25) is 4.79 Å². The minimum atomic E-state index is -3.92. The molecule has 0 atom stereocenters. The van der Waals surface area contributed by atoms with Crippen LogP contribution in [0.4, 0.5) is 4.39 Å². The van der Waals surface area contributed by atoms with Crippen molar-refractivity contribution in [3.63, 3.8) is 0 Å². The van der Waals surface area contributed by atoms with E-state index in [2.05, 4.69) is 20.7 Å². The van der Waals surface area contributed by atoms with Crippen LogP contribution in [0.15, 0.2) is 27.6 Å². The van der Waals surface area contributed by atoms with Crippen LogP contribution in [0.5, 0.6) is 0 Å². The Morgan fingerprint density at radius 3 is 2.72 bits per heavy atom. The van der Waals surface area contributed by atoms with Crippen molar-refractivity contribution in [1.29, 1.82) is 0 Å². The third-order valence-electron chi connectivity index (χ3n) is 1.91. The van der Waals surface area contributed by atoms with E-state index in [1.165, 1.54) is 12.1 Å². The maximum atomic E-state index is 13.2. The summed E-state index contributed by atoms with van der Waals surface area (Å²) in [5.74, 6) is -1.40. The molecule has 1 N–H and O–H groups in total. The van der Waals surface area contributed by atoms with Gasteiger partial charge in [0.25, 0.3) is 0 Å². The molecule has 0 amide bonds. The fourth-order valence-corrected chi connectivity index (χ4v) is 2.32. The zero-order valence-electron chi connectivity index (χ0n) is 9.44. The molecule has 0 heterocycles. The van der Waals surface area contributed by atoms with Gasteiger partial charge in [0.2, 0.25) is 10.0 Å². The van der Waals surface area contributed by atoms with Crippen LogP contribution in [0.1, 0.15) is 6.92 Å². The van der Waals surface area contributed by atoms with Crippen LogP contribution in [0.3, 0.4) is 0 Å². The van der Waals surface area contributed by atoms with E-state index < -0.39 is 28.4 Å². The molecule has 1 aromatic carbocycles. The second-order valence-corrected chi connectivity index (χ2v) is 5.83. The highest BCUT2D eigenvalue weighted by atomic mass is 79.9. The van der Waals surface area contributed by atoms with Gasteiger partial charge in [-0.2, -0.15) is 4.72 Å². The predicted molar refractivity (Wildman–Crippen MR) is 65.9 cm³/mol. The van der Waals surface area contributed by atoms with Crippen molar-refractivity contribution in [3.05, 3.63) is 28.5 Å². The van der Waals surface area contributed by atoms with Crippen molar-refractivity contribution in [2.45, 2.75) is 11.8 Å². The molecule has 100 valence electrons. The molecule has 0 bridgehead atoms. The van der Waals surface area contributed by atoms with E-state index in [0.717, 1.165) is 6.07 Å². The molecule has 0 saturated heterocycles. The second-order valence-electron chi connectivity index (χ2n) is 3.21. The third-order valence-corrected chi connectivity index (χ3v) is 3.96. The Balaban J connectivity index is 2.80. The minimum Gasteiger partial charge on any atom is -0.465 e. The molecule has 0 unspecified atom stereocenters. The summed E-state index contributed by atoms with van der Waals surface area (Å²) in [7, 11) is -3.92. The summed E-state index contributed by atoms with van der Waals surface area (Å²) < 4.78 is 43.4. The van der Waals surface area contributed by atoms with Crippen LogP contribution >= 0.6 is 15.9 Å². The molecular formula is C10H11BrFNO4S. The summed E-state index contributed by atoms with van der Waals surface area (Å²) in [5, 5.41) is 0. The molecule has 0 aliphatic rings. The first-order valence-corrected chi connectivity index (χ1v) is 7.24. The molecule has 5 nitrogen and oxygen atoms in total. The fourth-order valence-electron chi connectivity index (χ4n) is 1.09. The Bertz CT molecular complexity index is 547. The number of nitrogens with one attached hydrogen (secondary N) is 1. The average molecular weight is 340 g/mol. The lowest BCUT2D eigenvalue weighted by Gasteiger charge is -2.06. The van der Waals surface area contributed by atoms with Crippen LogP contribution < -0.4 is 4.72 Å². The number of sulfonamides is 1. The van der Waals surface area contributed by atoms with Crippen molar-refractivity contribution >= 4 is 31.9 Å². The zero-order valence-corrected chi connectivity index (χ0v) is 11.8. The van der Waals surface area contributed by atoms with Gasteiger partial charge in [-0.1, -0.05) is 0 Å². The number of esters is 1. The summed E-state index contributed by atoms with van der Waals surface area (Å²) in [6.45, 7) is 1.28. The van der Waals surface area contributed by atoms with E-state index in [0.29, 0.717) is 0 Å². The van der Waals surface area contributed by atoms with Crippen LogP contribution in [-0.4, -0.2) is 27.5 Å². The van der Waals surface area contributed by atoms with E-state index >= 15 is 0 Å². The van der Waals surface area contributed by atoms with Crippen molar-refractivity contribution in [1.82, 2.24) is 4.72 Å². The summed E-state index contributed by atoms with van der Waals surface area (Å²) >= 11 is 2.91. The number of hydrogen-bond acceptors (Lipinski definition) is 4. The van der Waals surface area contributed by atoms with Gasteiger partial charge < -0.3 is 4.74 Å². The summed E-state index contributed by atoms with van der Waals surface area (Å²) in [4.78, 5) is 10.8. The van der Waals surface area contributed by atoms with Crippen LogP contribution in [0.2, 0.25) is 0 Å². The Labute approximate surface area is 113 Å². The van der Waals surface area contributed by atoms with Crippen molar-refractivity contribution in [2.24, 2.45) is 0 Å². The highest BCUT2D eigenvalue weighted by molar-refractivity contribution is 9.10. The highest BCUT2D eigenvalue weighted by Crippen LogP contribution is 2.19. The Morgan fingerprint density at radius 2 is 2.17 bits per heavy atom. The Hall–Kier alpha value is -0.990. The van der Waals surface area contributed by atoms with Crippen molar-refractivity contribution in [2.75, 3.05) is 13.2 Å². The number of halogens is 2. The normalized spacial score (nSPS) is 11.3. The van der Waals surface area contributed by atoms with Gasteiger partial charge in [0.15, 0.2) is 0 Å². The van der Waals surface area contributed by atoms with Crippen molar-refractivity contribution in [3.8, 4) is 0 Å². The van der Waals surface area contributed by atoms with Crippen molar-refractivity contribution < 1.29 is 22.3 Å². The second kappa shape index (κ2) is 6.26. The molecule has 1 aromatic rings. The maximum absolute atomic E-state index is 13.2. The monoisotopic (exact) mass is 339 g/mol. The number of hydrogen-bond donors (Lipinski definition) is 1. The average Bonchev–Trinajstić information content (AvgIpc) is 2.30. The fraction of sp³-hybridized carbons (Fsp3) is 0.300. The molecule has 0 aromatic heterocycles. The van der Waals surface area contributed by atoms with Gasteiger partial charge in [0, 0.05) is 0 Å². The smallest absolute Gasteiger partial charge is 0.321 e. The topological polar surface area (TPSA) is 72.5 Å². The summed E-state index contributed by atoms with van der Waals surface area (Å²) in [5.41, 5.74) is 0. The molecular weight excluding hydrogens is 329 g/mol. The third kappa shape index (κ3) is 4.04. The molecule has 0 aliphatic heterocycles. The number of carbonyl (C=O) groups excluding carboxylic acids is 1. The van der Waals surface area contributed by atoms with Gasteiger partial charge in [-0.25, -0.2) is 12.8 Å². The van der Waals surface area contributed by atoms with Crippen LogP contribution in [0.25, 0.3) is 0 Å². The highest BCUT2D eigenvalue weighted by Gasteiger charge is 2.17. The first-order valence-electron chi connectivity index (χ1n) is 4.97. The van der Waals surface area contributed by atoms with E-state index in [-0.39, 0.29) is 16.0 Å². The molecule has 0 fully saturated rings. The molecule has 0 aliphatic carbocycles. The number of ether oxygens (including phenoxy) is 1. The van der Waals surface area contributed by atoms with Gasteiger partial charge in [0.1, 0.15) is 12.4 Å². The molecule has 0 spiro atoms. The van der Waals surface area contributed by atoms with E-state index in [9.17, 15) is 17.6 Å². The summed E-state index contributed by atoms with van der Waals surface area (Å²) in [6.07, 6.45) is 0. The van der Waals surface area contributed by atoms with Gasteiger partial charge in [-0.05, 0) is 41.1 Å². The lowest BCUT2D eigenvalue weighted by atomic mass is 10.3. The number of carbonyl (C=O) groups is 1. The SMILES string of the molecule is CCOC(=O)CNS(=O)(=O)c1ccc(Br)c(F)c1. The quantitative estimate of drug-likeness (QED) is 0.823. The van der Waals surface area contributed by atoms with Gasteiger partial charge >= 0.3 is 5.97 Å². The minimum absolute atomic E-state index is 0.159. The zero-order chi connectivity index (χ0) is 13.8.